The van der Waals surface area contributed by atoms with E-state index < -0.39 is 0 Å². The summed E-state index contributed by atoms with van der Waals surface area (Å²) in [6.45, 7) is 2.14. The second kappa shape index (κ2) is 7.31. The Morgan fingerprint density at radius 2 is 1.95 bits per heavy atom. The first kappa shape index (κ1) is 15.6. The van der Waals surface area contributed by atoms with Gasteiger partial charge in [-0.15, -0.1) is 0 Å². The molecule has 0 spiro atoms. The lowest BCUT2D eigenvalue weighted by atomic mass is 10.1. The highest BCUT2D eigenvalue weighted by molar-refractivity contribution is 9.10. The molecule has 0 fully saturated rings. The van der Waals surface area contributed by atoms with Crippen LogP contribution >= 0.6 is 15.9 Å². The van der Waals surface area contributed by atoms with Crippen molar-refractivity contribution >= 4 is 21.6 Å². The van der Waals surface area contributed by atoms with Gasteiger partial charge in [0.1, 0.15) is 4.60 Å². The predicted molar refractivity (Wildman–Crippen MR) is 88.3 cm³/mol. The first-order valence-electron chi connectivity index (χ1n) is 6.72. The second-order valence-electron chi connectivity index (χ2n) is 4.78. The number of rotatable bonds is 6. The molecule has 1 N–H and O–H groups in total. The Hall–Kier alpha value is -1.75. The predicted octanol–water partition coefficient (Wildman–Crippen LogP) is 3.90. The summed E-state index contributed by atoms with van der Waals surface area (Å²) in [6.07, 6.45) is 2.63. The standard InChI is InChI=1S/C16H19BrN2O2/c1-11(19-13-5-4-8-18-16(13)17)9-12-6-7-14(20-2)15(10-12)21-3/h4-8,10-11,19H,9H2,1-3H3. The maximum atomic E-state index is 5.33. The monoisotopic (exact) mass is 350 g/mol. The van der Waals surface area contributed by atoms with E-state index in [1.165, 1.54) is 5.56 Å². The van der Waals surface area contributed by atoms with Crippen molar-refractivity contribution in [2.75, 3.05) is 19.5 Å². The van der Waals surface area contributed by atoms with Crippen LogP contribution in [-0.4, -0.2) is 25.2 Å². The molecule has 0 amide bonds. The fraction of sp³-hybridized carbons (Fsp3) is 0.312. The Balaban J connectivity index is 2.06. The molecule has 2 aromatic rings. The van der Waals surface area contributed by atoms with Gasteiger partial charge in [-0.05, 0) is 59.1 Å². The van der Waals surface area contributed by atoms with Gasteiger partial charge in [0.2, 0.25) is 0 Å². The van der Waals surface area contributed by atoms with Gasteiger partial charge < -0.3 is 14.8 Å². The molecular weight excluding hydrogens is 332 g/mol. The molecule has 5 heteroatoms. The largest absolute Gasteiger partial charge is 0.493 e. The minimum Gasteiger partial charge on any atom is -0.493 e. The summed E-state index contributed by atoms with van der Waals surface area (Å²) < 4.78 is 11.4. The van der Waals surface area contributed by atoms with Crippen molar-refractivity contribution in [1.29, 1.82) is 0 Å². The first-order chi connectivity index (χ1) is 10.1. The van der Waals surface area contributed by atoms with Crippen molar-refractivity contribution in [2.24, 2.45) is 0 Å². The summed E-state index contributed by atoms with van der Waals surface area (Å²) >= 11 is 3.44. The lowest BCUT2D eigenvalue weighted by molar-refractivity contribution is 0.354. The smallest absolute Gasteiger partial charge is 0.160 e. The number of hydrogen-bond donors (Lipinski definition) is 1. The number of aromatic nitrogens is 1. The van der Waals surface area contributed by atoms with Crippen LogP contribution in [0.3, 0.4) is 0 Å². The molecule has 0 saturated heterocycles. The molecular formula is C16H19BrN2O2. The highest BCUT2D eigenvalue weighted by Crippen LogP contribution is 2.28. The second-order valence-corrected chi connectivity index (χ2v) is 5.53. The van der Waals surface area contributed by atoms with Crippen molar-refractivity contribution in [3.05, 3.63) is 46.7 Å². The number of methoxy groups -OCH3 is 2. The van der Waals surface area contributed by atoms with E-state index in [0.29, 0.717) is 0 Å². The van der Waals surface area contributed by atoms with Crippen LogP contribution in [0.1, 0.15) is 12.5 Å². The lowest BCUT2D eigenvalue weighted by Gasteiger charge is -2.17. The summed E-state index contributed by atoms with van der Waals surface area (Å²) in [5.41, 5.74) is 2.18. The third-order valence-corrected chi connectivity index (χ3v) is 3.78. The molecule has 0 aliphatic heterocycles. The van der Waals surface area contributed by atoms with Crippen molar-refractivity contribution in [3.63, 3.8) is 0 Å². The molecule has 0 radical (unpaired) electrons. The van der Waals surface area contributed by atoms with E-state index in [2.05, 4.69) is 39.2 Å². The van der Waals surface area contributed by atoms with Gasteiger partial charge in [0.25, 0.3) is 0 Å². The van der Waals surface area contributed by atoms with Gasteiger partial charge in [-0.25, -0.2) is 4.98 Å². The molecule has 1 aromatic carbocycles. The Morgan fingerprint density at radius 1 is 1.19 bits per heavy atom. The van der Waals surface area contributed by atoms with E-state index in [-0.39, 0.29) is 6.04 Å². The minimum absolute atomic E-state index is 0.267. The summed E-state index contributed by atoms with van der Waals surface area (Å²) in [5, 5.41) is 3.44. The van der Waals surface area contributed by atoms with Crippen molar-refractivity contribution in [2.45, 2.75) is 19.4 Å². The first-order valence-corrected chi connectivity index (χ1v) is 7.51. The van der Waals surface area contributed by atoms with Crippen LogP contribution in [0.15, 0.2) is 41.1 Å². The van der Waals surface area contributed by atoms with Gasteiger partial charge in [0, 0.05) is 12.2 Å². The quantitative estimate of drug-likeness (QED) is 0.802. The van der Waals surface area contributed by atoms with Gasteiger partial charge >= 0.3 is 0 Å². The Kier molecular flexibility index (Phi) is 5.44. The number of ether oxygens (including phenoxy) is 2. The zero-order valence-corrected chi connectivity index (χ0v) is 14.0. The highest BCUT2D eigenvalue weighted by Gasteiger charge is 2.09. The average Bonchev–Trinajstić information content (AvgIpc) is 2.49. The molecule has 1 unspecified atom stereocenters. The molecule has 0 aliphatic rings. The number of benzene rings is 1. The van der Waals surface area contributed by atoms with Crippen LogP contribution in [0.4, 0.5) is 5.69 Å². The van der Waals surface area contributed by atoms with E-state index in [4.69, 9.17) is 9.47 Å². The average molecular weight is 351 g/mol. The Morgan fingerprint density at radius 3 is 2.62 bits per heavy atom. The summed E-state index contributed by atoms with van der Waals surface area (Å²) in [5.74, 6) is 1.50. The third kappa shape index (κ3) is 4.11. The fourth-order valence-corrected chi connectivity index (χ4v) is 2.54. The maximum Gasteiger partial charge on any atom is 0.160 e. The highest BCUT2D eigenvalue weighted by atomic mass is 79.9. The van der Waals surface area contributed by atoms with Gasteiger partial charge in [0.15, 0.2) is 11.5 Å². The van der Waals surface area contributed by atoms with Crippen LogP contribution in [0.5, 0.6) is 11.5 Å². The van der Waals surface area contributed by atoms with Crippen LogP contribution in [-0.2, 0) is 6.42 Å². The SMILES string of the molecule is COc1ccc(CC(C)Nc2cccnc2Br)cc1OC. The summed E-state index contributed by atoms with van der Waals surface area (Å²) in [4.78, 5) is 4.21. The molecule has 0 aliphatic carbocycles. The maximum absolute atomic E-state index is 5.33. The number of nitrogens with one attached hydrogen (secondary N) is 1. The van der Waals surface area contributed by atoms with Crippen LogP contribution in [0, 0.1) is 0 Å². The van der Waals surface area contributed by atoms with E-state index in [0.717, 1.165) is 28.2 Å². The molecule has 4 nitrogen and oxygen atoms in total. The van der Waals surface area contributed by atoms with Gasteiger partial charge in [-0.1, -0.05) is 6.07 Å². The lowest BCUT2D eigenvalue weighted by Crippen LogP contribution is -2.18. The number of hydrogen-bond acceptors (Lipinski definition) is 4. The van der Waals surface area contributed by atoms with E-state index >= 15 is 0 Å². The number of pyridine rings is 1. The number of anilines is 1. The Labute approximate surface area is 133 Å². The van der Waals surface area contributed by atoms with Crippen molar-refractivity contribution in [3.8, 4) is 11.5 Å². The molecule has 1 heterocycles. The van der Waals surface area contributed by atoms with E-state index in [1.54, 1.807) is 20.4 Å². The topological polar surface area (TPSA) is 43.4 Å². The van der Waals surface area contributed by atoms with Crippen LogP contribution < -0.4 is 14.8 Å². The van der Waals surface area contributed by atoms with Crippen molar-refractivity contribution < 1.29 is 9.47 Å². The van der Waals surface area contributed by atoms with Gasteiger partial charge in [0.05, 0.1) is 19.9 Å². The summed E-state index contributed by atoms with van der Waals surface area (Å²) in [7, 11) is 3.29. The molecule has 1 aromatic heterocycles. The molecule has 0 bridgehead atoms. The molecule has 2 rings (SSSR count). The molecule has 112 valence electrons. The number of nitrogens with zero attached hydrogens (tertiary/aromatic N) is 1. The molecule has 21 heavy (non-hydrogen) atoms. The zero-order valence-electron chi connectivity index (χ0n) is 12.4. The van der Waals surface area contributed by atoms with Crippen LogP contribution in [0.2, 0.25) is 0 Å². The Bertz CT molecular complexity index is 605. The third-order valence-electron chi connectivity index (χ3n) is 3.15. The summed E-state index contributed by atoms with van der Waals surface area (Å²) in [6, 6.07) is 10.2. The fourth-order valence-electron chi connectivity index (χ4n) is 2.17. The van der Waals surface area contributed by atoms with Gasteiger partial charge in [-0.3, -0.25) is 0 Å². The van der Waals surface area contributed by atoms with Gasteiger partial charge in [-0.2, -0.15) is 0 Å². The minimum atomic E-state index is 0.267. The van der Waals surface area contributed by atoms with Crippen LogP contribution in [0.25, 0.3) is 0 Å². The molecule has 1 atom stereocenters. The molecule has 0 saturated carbocycles. The zero-order chi connectivity index (χ0) is 15.2. The normalized spacial score (nSPS) is 11.8. The van der Waals surface area contributed by atoms with Crippen molar-refractivity contribution in [1.82, 2.24) is 4.98 Å². The van der Waals surface area contributed by atoms with E-state index in [1.807, 2.05) is 24.3 Å². The van der Waals surface area contributed by atoms with E-state index in [9.17, 15) is 0 Å². The number of halogens is 1.